The number of benzene rings is 1. The average molecular weight is 275 g/mol. The number of nitrogens with two attached hydrogens (primary N) is 1. The lowest BCUT2D eigenvalue weighted by Gasteiger charge is -2.22. The van der Waals surface area contributed by atoms with Crippen molar-refractivity contribution in [2.75, 3.05) is 18.0 Å². The van der Waals surface area contributed by atoms with E-state index in [0.29, 0.717) is 6.54 Å². The third-order valence-electron chi connectivity index (χ3n) is 3.06. The van der Waals surface area contributed by atoms with Crippen LogP contribution in [0.4, 0.5) is 5.69 Å². The maximum atomic E-state index is 5.56. The van der Waals surface area contributed by atoms with Crippen LogP contribution in [0, 0.1) is 6.92 Å². The normalized spacial score (nSPS) is 10.7. The molecule has 2 N–H and O–H groups in total. The second-order valence-electron chi connectivity index (χ2n) is 4.62. The van der Waals surface area contributed by atoms with E-state index in [-0.39, 0.29) is 0 Å². The summed E-state index contributed by atoms with van der Waals surface area (Å²) in [6.45, 7) is 6.81. The molecule has 0 bridgehead atoms. The van der Waals surface area contributed by atoms with E-state index >= 15 is 0 Å². The molecule has 0 radical (unpaired) electrons. The van der Waals surface area contributed by atoms with Gasteiger partial charge in [0.15, 0.2) is 0 Å². The van der Waals surface area contributed by atoms with E-state index in [4.69, 9.17) is 5.73 Å². The van der Waals surface area contributed by atoms with Gasteiger partial charge >= 0.3 is 0 Å². The van der Waals surface area contributed by atoms with Crippen LogP contribution in [0.5, 0.6) is 0 Å². The maximum Gasteiger partial charge on any atom is 0.0941 e. The third kappa shape index (κ3) is 3.78. The van der Waals surface area contributed by atoms with Gasteiger partial charge in [-0.2, -0.15) is 0 Å². The van der Waals surface area contributed by atoms with Crippen molar-refractivity contribution in [2.45, 2.75) is 26.8 Å². The Kier molecular flexibility index (Phi) is 4.93. The van der Waals surface area contributed by atoms with E-state index in [0.717, 1.165) is 30.2 Å². The molecule has 2 aromatic rings. The van der Waals surface area contributed by atoms with Gasteiger partial charge in [-0.25, -0.2) is 4.98 Å². The molecular weight excluding hydrogens is 254 g/mol. The van der Waals surface area contributed by atoms with Crippen molar-refractivity contribution >= 4 is 17.0 Å². The summed E-state index contributed by atoms with van der Waals surface area (Å²) in [4.78, 5) is 6.97. The van der Waals surface area contributed by atoms with E-state index in [1.165, 1.54) is 11.3 Å². The molecule has 0 fully saturated rings. The fourth-order valence-corrected chi connectivity index (χ4v) is 2.87. The summed E-state index contributed by atoms with van der Waals surface area (Å²) in [5.74, 6) is 0. The van der Waals surface area contributed by atoms with Gasteiger partial charge in [-0.05, 0) is 38.1 Å². The molecule has 0 spiro atoms. The maximum absolute atomic E-state index is 5.56. The summed E-state index contributed by atoms with van der Waals surface area (Å²) >= 11 is 1.71. The highest BCUT2D eigenvalue weighted by atomic mass is 32.1. The van der Waals surface area contributed by atoms with Gasteiger partial charge in [0.25, 0.3) is 0 Å². The Hall–Kier alpha value is -1.39. The second-order valence-corrected chi connectivity index (χ2v) is 5.57. The van der Waals surface area contributed by atoms with E-state index in [1.807, 2.05) is 0 Å². The molecule has 0 unspecified atom stereocenters. The number of thiazole rings is 1. The number of hydrogen-bond acceptors (Lipinski definition) is 4. The molecule has 0 amide bonds. The summed E-state index contributed by atoms with van der Waals surface area (Å²) in [5, 5.41) is 3.28. The molecule has 0 atom stereocenters. The number of anilines is 1. The minimum Gasteiger partial charge on any atom is -0.366 e. The van der Waals surface area contributed by atoms with Crippen LogP contribution in [0.2, 0.25) is 0 Å². The SMILES string of the molecule is CCN(Cc1csc(CCN)n1)c1cccc(C)c1. The van der Waals surface area contributed by atoms with E-state index in [2.05, 4.69) is 53.4 Å². The van der Waals surface area contributed by atoms with Crippen LogP contribution in [0.3, 0.4) is 0 Å². The van der Waals surface area contributed by atoms with Gasteiger partial charge in [-0.15, -0.1) is 11.3 Å². The van der Waals surface area contributed by atoms with Crippen LogP contribution in [-0.2, 0) is 13.0 Å². The van der Waals surface area contributed by atoms with Crippen molar-refractivity contribution in [3.8, 4) is 0 Å². The zero-order chi connectivity index (χ0) is 13.7. The van der Waals surface area contributed by atoms with Crippen molar-refractivity contribution in [3.63, 3.8) is 0 Å². The van der Waals surface area contributed by atoms with Gasteiger partial charge in [0.05, 0.1) is 17.2 Å². The number of aryl methyl sites for hydroxylation is 1. The largest absolute Gasteiger partial charge is 0.366 e. The Morgan fingerprint density at radius 3 is 2.89 bits per heavy atom. The highest BCUT2D eigenvalue weighted by Crippen LogP contribution is 2.19. The fraction of sp³-hybridized carbons (Fsp3) is 0.400. The Balaban J connectivity index is 2.09. The summed E-state index contributed by atoms with van der Waals surface area (Å²) in [5.41, 5.74) is 9.25. The monoisotopic (exact) mass is 275 g/mol. The summed E-state index contributed by atoms with van der Waals surface area (Å²) in [6, 6.07) is 8.61. The quantitative estimate of drug-likeness (QED) is 0.881. The third-order valence-corrected chi connectivity index (χ3v) is 4.02. The van der Waals surface area contributed by atoms with Crippen molar-refractivity contribution in [2.24, 2.45) is 5.73 Å². The average Bonchev–Trinajstić information content (AvgIpc) is 2.84. The van der Waals surface area contributed by atoms with Crippen molar-refractivity contribution < 1.29 is 0 Å². The molecule has 2 rings (SSSR count). The number of aromatic nitrogens is 1. The molecule has 0 saturated carbocycles. The first kappa shape index (κ1) is 14.0. The van der Waals surface area contributed by atoms with Crippen LogP contribution >= 0.6 is 11.3 Å². The molecule has 1 heterocycles. The number of rotatable bonds is 6. The zero-order valence-corrected chi connectivity index (χ0v) is 12.4. The molecule has 1 aromatic heterocycles. The highest BCUT2D eigenvalue weighted by molar-refractivity contribution is 7.09. The van der Waals surface area contributed by atoms with Crippen LogP contribution in [-0.4, -0.2) is 18.1 Å². The molecule has 102 valence electrons. The summed E-state index contributed by atoms with van der Waals surface area (Å²) in [7, 11) is 0. The lowest BCUT2D eigenvalue weighted by atomic mass is 10.2. The molecule has 0 saturated heterocycles. The molecule has 4 heteroatoms. The Morgan fingerprint density at radius 1 is 1.37 bits per heavy atom. The Bertz CT molecular complexity index is 522. The fourth-order valence-electron chi connectivity index (χ4n) is 2.07. The van der Waals surface area contributed by atoms with Crippen molar-refractivity contribution in [1.29, 1.82) is 0 Å². The van der Waals surface area contributed by atoms with Crippen LogP contribution < -0.4 is 10.6 Å². The standard InChI is InChI=1S/C15H21N3S/c1-3-18(14-6-4-5-12(2)9-14)10-13-11-19-15(17-13)7-8-16/h4-6,9,11H,3,7-8,10,16H2,1-2H3. The Labute approximate surface area is 119 Å². The van der Waals surface area contributed by atoms with Crippen LogP contribution in [0.25, 0.3) is 0 Å². The van der Waals surface area contributed by atoms with Gasteiger partial charge in [-0.3, -0.25) is 0 Å². The zero-order valence-electron chi connectivity index (χ0n) is 11.6. The minimum absolute atomic E-state index is 0.669. The van der Waals surface area contributed by atoms with Crippen molar-refractivity contribution in [1.82, 2.24) is 4.98 Å². The lowest BCUT2D eigenvalue weighted by molar-refractivity contribution is 0.807. The number of nitrogens with zero attached hydrogens (tertiary/aromatic N) is 2. The molecule has 3 nitrogen and oxygen atoms in total. The predicted octanol–water partition coefficient (Wildman–Crippen LogP) is 2.98. The molecule has 19 heavy (non-hydrogen) atoms. The number of hydrogen-bond donors (Lipinski definition) is 1. The van der Waals surface area contributed by atoms with E-state index in [9.17, 15) is 0 Å². The molecule has 1 aromatic carbocycles. The topological polar surface area (TPSA) is 42.1 Å². The van der Waals surface area contributed by atoms with E-state index < -0.39 is 0 Å². The highest BCUT2D eigenvalue weighted by Gasteiger charge is 2.08. The van der Waals surface area contributed by atoms with Gasteiger partial charge < -0.3 is 10.6 Å². The van der Waals surface area contributed by atoms with Crippen LogP contribution in [0.15, 0.2) is 29.6 Å². The summed E-state index contributed by atoms with van der Waals surface area (Å²) in [6.07, 6.45) is 0.876. The molecule has 0 aliphatic rings. The molecule has 0 aliphatic heterocycles. The molecular formula is C15H21N3S. The van der Waals surface area contributed by atoms with Gasteiger partial charge in [0.2, 0.25) is 0 Å². The first-order valence-corrected chi connectivity index (χ1v) is 7.56. The van der Waals surface area contributed by atoms with Gasteiger partial charge in [-0.1, -0.05) is 12.1 Å². The first-order chi connectivity index (χ1) is 9.22. The van der Waals surface area contributed by atoms with Crippen LogP contribution in [0.1, 0.15) is 23.2 Å². The van der Waals surface area contributed by atoms with Crippen molar-refractivity contribution in [3.05, 3.63) is 45.9 Å². The first-order valence-electron chi connectivity index (χ1n) is 6.68. The summed E-state index contributed by atoms with van der Waals surface area (Å²) < 4.78 is 0. The van der Waals surface area contributed by atoms with Gasteiger partial charge in [0, 0.05) is 24.0 Å². The minimum atomic E-state index is 0.669. The predicted molar refractivity (Wildman–Crippen MR) is 82.8 cm³/mol. The lowest BCUT2D eigenvalue weighted by Crippen LogP contribution is -2.22. The van der Waals surface area contributed by atoms with Gasteiger partial charge in [0.1, 0.15) is 0 Å². The Morgan fingerprint density at radius 2 is 2.21 bits per heavy atom. The van der Waals surface area contributed by atoms with E-state index in [1.54, 1.807) is 11.3 Å². The smallest absolute Gasteiger partial charge is 0.0941 e. The second kappa shape index (κ2) is 6.68. The molecule has 0 aliphatic carbocycles.